The van der Waals surface area contributed by atoms with Gasteiger partial charge in [0, 0.05) is 27.5 Å². The van der Waals surface area contributed by atoms with Crippen molar-refractivity contribution in [1.82, 2.24) is 5.32 Å². The highest BCUT2D eigenvalue weighted by Gasteiger charge is 2.30. The van der Waals surface area contributed by atoms with E-state index < -0.39 is 0 Å². The van der Waals surface area contributed by atoms with Crippen LogP contribution in [0.4, 0.5) is 0 Å². The second-order valence-corrected chi connectivity index (χ2v) is 8.15. The van der Waals surface area contributed by atoms with Crippen LogP contribution < -0.4 is 5.32 Å². The minimum atomic E-state index is 0.738. The van der Waals surface area contributed by atoms with E-state index >= 15 is 0 Å². The third-order valence-electron chi connectivity index (χ3n) is 3.55. The molecule has 17 heavy (non-hydrogen) atoms. The first-order valence-corrected chi connectivity index (χ1v) is 9.18. The fraction of sp³-hybridized carbons (Fsp3) is 1.00. The summed E-state index contributed by atoms with van der Waals surface area (Å²) >= 11 is 4.39. The van der Waals surface area contributed by atoms with Crippen LogP contribution in [0.5, 0.6) is 0 Å². The van der Waals surface area contributed by atoms with E-state index in [1.54, 1.807) is 0 Å². The summed E-state index contributed by atoms with van der Waals surface area (Å²) in [6.07, 6.45) is 5.29. The summed E-state index contributed by atoms with van der Waals surface area (Å²) in [7, 11) is 0. The SMILES string of the molecule is CCCCC(NCCC)C1CSC(C)C(C)S1. The number of unbranched alkanes of at least 4 members (excludes halogenated alkanes) is 1. The van der Waals surface area contributed by atoms with Crippen molar-refractivity contribution in [3.05, 3.63) is 0 Å². The van der Waals surface area contributed by atoms with Crippen molar-refractivity contribution < 1.29 is 0 Å². The number of hydrogen-bond donors (Lipinski definition) is 1. The summed E-state index contributed by atoms with van der Waals surface area (Å²) in [6, 6.07) is 0.738. The van der Waals surface area contributed by atoms with E-state index in [-0.39, 0.29) is 0 Å². The predicted octanol–water partition coefficient (Wildman–Crippen LogP) is 4.17. The maximum atomic E-state index is 3.78. The molecule has 1 fully saturated rings. The predicted molar refractivity (Wildman–Crippen MR) is 84.4 cm³/mol. The fourth-order valence-electron chi connectivity index (χ4n) is 2.19. The van der Waals surface area contributed by atoms with Crippen LogP contribution in [-0.2, 0) is 0 Å². The molecule has 0 aromatic rings. The molecule has 0 bridgehead atoms. The quantitative estimate of drug-likeness (QED) is 0.749. The van der Waals surface area contributed by atoms with Gasteiger partial charge in [-0.15, -0.1) is 0 Å². The molecular weight excluding hydrogens is 246 g/mol. The first kappa shape index (κ1) is 15.7. The van der Waals surface area contributed by atoms with Gasteiger partial charge in [-0.2, -0.15) is 23.5 Å². The lowest BCUT2D eigenvalue weighted by Gasteiger charge is -2.36. The van der Waals surface area contributed by atoms with E-state index in [9.17, 15) is 0 Å². The zero-order chi connectivity index (χ0) is 12.7. The highest BCUT2D eigenvalue weighted by atomic mass is 32.2. The van der Waals surface area contributed by atoms with Crippen LogP contribution >= 0.6 is 23.5 Å². The van der Waals surface area contributed by atoms with E-state index in [1.165, 1.54) is 38.0 Å². The van der Waals surface area contributed by atoms with Gasteiger partial charge in [0.1, 0.15) is 0 Å². The molecule has 1 N–H and O–H groups in total. The Bertz CT molecular complexity index is 191. The van der Waals surface area contributed by atoms with E-state index in [1.807, 2.05) is 0 Å². The van der Waals surface area contributed by atoms with Crippen molar-refractivity contribution in [2.45, 2.75) is 75.2 Å². The molecule has 102 valence electrons. The number of rotatable bonds is 7. The van der Waals surface area contributed by atoms with Gasteiger partial charge in [-0.3, -0.25) is 0 Å². The maximum Gasteiger partial charge on any atom is 0.0294 e. The molecule has 1 saturated heterocycles. The normalized spacial score (nSPS) is 31.4. The summed E-state index contributed by atoms with van der Waals surface area (Å²) in [6.45, 7) is 10.5. The van der Waals surface area contributed by atoms with Gasteiger partial charge in [0.2, 0.25) is 0 Å². The Labute approximate surface area is 116 Å². The first-order valence-electron chi connectivity index (χ1n) is 7.19. The minimum absolute atomic E-state index is 0.738. The average Bonchev–Trinajstić information content (AvgIpc) is 2.33. The molecule has 0 spiro atoms. The Morgan fingerprint density at radius 2 is 1.94 bits per heavy atom. The van der Waals surface area contributed by atoms with Crippen LogP contribution in [-0.4, -0.2) is 34.1 Å². The van der Waals surface area contributed by atoms with Gasteiger partial charge in [-0.05, 0) is 19.4 Å². The van der Waals surface area contributed by atoms with Crippen LogP contribution in [0.2, 0.25) is 0 Å². The van der Waals surface area contributed by atoms with E-state index in [0.29, 0.717) is 0 Å². The Kier molecular flexibility index (Phi) is 8.05. The molecule has 0 saturated carbocycles. The van der Waals surface area contributed by atoms with Crippen LogP contribution in [0, 0.1) is 0 Å². The molecule has 0 radical (unpaired) electrons. The summed E-state index contributed by atoms with van der Waals surface area (Å²) in [5, 5.41) is 6.24. The standard InChI is InChI=1S/C14H29NS2/c1-5-7-8-13(15-9-6-2)14-10-16-11(3)12(4)17-14/h11-15H,5-10H2,1-4H3. The monoisotopic (exact) mass is 275 g/mol. The fourth-order valence-corrected chi connectivity index (χ4v) is 5.36. The van der Waals surface area contributed by atoms with Crippen LogP contribution in [0.3, 0.4) is 0 Å². The third kappa shape index (κ3) is 5.44. The van der Waals surface area contributed by atoms with E-state index in [2.05, 4.69) is 56.5 Å². The highest BCUT2D eigenvalue weighted by molar-refractivity contribution is 8.07. The number of hydrogen-bond acceptors (Lipinski definition) is 3. The molecule has 3 heteroatoms. The minimum Gasteiger partial charge on any atom is -0.313 e. The summed E-state index contributed by atoms with van der Waals surface area (Å²) in [5.74, 6) is 1.33. The summed E-state index contributed by atoms with van der Waals surface area (Å²) in [4.78, 5) is 0. The van der Waals surface area contributed by atoms with Gasteiger partial charge in [0.15, 0.2) is 0 Å². The molecule has 0 amide bonds. The van der Waals surface area contributed by atoms with Gasteiger partial charge in [-0.25, -0.2) is 0 Å². The zero-order valence-corrected chi connectivity index (χ0v) is 13.5. The largest absolute Gasteiger partial charge is 0.313 e. The van der Waals surface area contributed by atoms with Crippen LogP contribution in [0.15, 0.2) is 0 Å². The lowest BCUT2D eigenvalue weighted by Crippen LogP contribution is -2.43. The molecule has 1 aliphatic heterocycles. The van der Waals surface area contributed by atoms with Gasteiger partial charge < -0.3 is 5.32 Å². The van der Waals surface area contributed by atoms with Gasteiger partial charge >= 0.3 is 0 Å². The molecule has 0 aromatic carbocycles. The second-order valence-electron chi connectivity index (χ2n) is 5.12. The van der Waals surface area contributed by atoms with Gasteiger partial charge in [0.05, 0.1) is 0 Å². The average molecular weight is 276 g/mol. The van der Waals surface area contributed by atoms with E-state index in [4.69, 9.17) is 0 Å². The Hall–Kier alpha value is 0.660. The van der Waals surface area contributed by atoms with Crippen LogP contribution in [0.25, 0.3) is 0 Å². The topological polar surface area (TPSA) is 12.0 Å². The van der Waals surface area contributed by atoms with Gasteiger partial charge in [0.25, 0.3) is 0 Å². The Balaban J connectivity index is 2.44. The van der Waals surface area contributed by atoms with Crippen molar-refractivity contribution in [2.75, 3.05) is 12.3 Å². The summed E-state index contributed by atoms with van der Waals surface area (Å²) < 4.78 is 0. The first-order chi connectivity index (χ1) is 8.19. The molecular formula is C14H29NS2. The van der Waals surface area contributed by atoms with Crippen molar-refractivity contribution >= 4 is 23.5 Å². The van der Waals surface area contributed by atoms with Crippen molar-refractivity contribution in [3.63, 3.8) is 0 Å². The Morgan fingerprint density at radius 3 is 2.53 bits per heavy atom. The molecule has 1 rings (SSSR count). The molecule has 1 aliphatic rings. The van der Waals surface area contributed by atoms with Crippen molar-refractivity contribution in [3.8, 4) is 0 Å². The lowest BCUT2D eigenvalue weighted by atomic mass is 10.1. The number of thioether (sulfide) groups is 2. The number of nitrogens with one attached hydrogen (secondary N) is 1. The second kappa shape index (κ2) is 8.71. The molecule has 4 unspecified atom stereocenters. The van der Waals surface area contributed by atoms with Crippen molar-refractivity contribution in [2.24, 2.45) is 0 Å². The van der Waals surface area contributed by atoms with E-state index in [0.717, 1.165) is 21.8 Å². The summed E-state index contributed by atoms with van der Waals surface area (Å²) in [5.41, 5.74) is 0. The maximum absolute atomic E-state index is 3.78. The highest BCUT2D eigenvalue weighted by Crippen LogP contribution is 2.37. The van der Waals surface area contributed by atoms with Gasteiger partial charge in [-0.1, -0.05) is 40.5 Å². The molecule has 0 aliphatic carbocycles. The smallest absolute Gasteiger partial charge is 0.0294 e. The molecule has 1 heterocycles. The third-order valence-corrected chi connectivity index (χ3v) is 7.10. The molecule has 4 atom stereocenters. The lowest BCUT2D eigenvalue weighted by molar-refractivity contribution is 0.462. The van der Waals surface area contributed by atoms with Crippen molar-refractivity contribution in [1.29, 1.82) is 0 Å². The molecule has 1 nitrogen and oxygen atoms in total. The zero-order valence-electron chi connectivity index (χ0n) is 11.9. The Morgan fingerprint density at radius 1 is 1.18 bits per heavy atom. The molecule has 0 aromatic heterocycles. The van der Waals surface area contributed by atoms with Crippen LogP contribution in [0.1, 0.15) is 53.4 Å².